The van der Waals surface area contributed by atoms with Crippen LogP contribution in [0.3, 0.4) is 0 Å². The summed E-state index contributed by atoms with van der Waals surface area (Å²) in [4.78, 5) is 12.2. The highest BCUT2D eigenvalue weighted by atomic mass is 16.3. The quantitative estimate of drug-likeness (QED) is 0.410. The van der Waals surface area contributed by atoms with E-state index >= 15 is 0 Å². The molecule has 0 fully saturated rings. The Labute approximate surface area is 162 Å². The number of fused-ring (bicyclic) bond motifs is 1. The van der Waals surface area contributed by atoms with E-state index in [4.69, 9.17) is 0 Å². The van der Waals surface area contributed by atoms with Crippen LogP contribution in [-0.2, 0) is 6.54 Å². The minimum atomic E-state index is -0.456. The summed E-state index contributed by atoms with van der Waals surface area (Å²) in [6.45, 7) is 0.749. The molecule has 0 aliphatic carbocycles. The number of phenolic OH excluding ortho intramolecular Hbond substituents is 1. The zero-order valence-electron chi connectivity index (χ0n) is 15.1. The molecule has 4 rings (SSSR count). The Morgan fingerprint density at radius 2 is 1.68 bits per heavy atom. The Balaban J connectivity index is 1.58. The van der Waals surface area contributed by atoms with E-state index in [9.17, 15) is 9.90 Å². The number of aromatic hydroxyl groups is 1. The van der Waals surface area contributed by atoms with Crippen LogP contribution in [0, 0.1) is 0 Å². The smallest absolute Gasteiger partial charge is 0.275 e. The van der Waals surface area contributed by atoms with E-state index in [1.165, 1.54) is 11.6 Å². The Morgan fingerprint density at radius 3 is 2.50 bits per heavy atom. The molecule has 0 spiro atoms. The monoisotopic (exact) mass is 369 g/mol. The molecular formula is C23H19N3O2. The van der Waals surface area contributed by atoms with Crippen LogP contribution in [0.2, 0.25) is 0 Å². The second-order valence-corrected chi connectivity index (χ2v) is 6.43. The number of benzene rings is 3. The van der Waals surface area contributed by atoms with Crippen LogP contribution < -0.4 is 5.43 Å². The van der Waals surface area contributed by atoms with Crippen LogP contribution in [0.15, 0.2) is 90.2 Å². The lowest BCUT2D eigenvalue weighted by Crippen LogP contribution is -2.17. The molecule has 0 aliphatic rings. The topological polar surface area (TPSA) is 66.6 Å². The lowest BCUT2D eigenvalue weighted by molar-refractivity contribution is 0.0952. The lowest BCUT2D eigenvalue weighted by atomic mass is 10.2. The summed E-state index contributed by atoms with van der Waals surface area (Å²) in [7, 11) is 0. The Bertz CT molecular complexity index is 1150. The molecule has 0 saturated heterocycles. The van der Waals surface area contributed by atoms with Crippen molar-refractivity contribution in [1.82, 2.24) is 9.99 Å². The Morgan fingerprint density at radius 1 is 0.964 bits per heavy atom. The van der Waals surface area contributed by atoms with E-state index < -0.39 is 5.91 Å². The number of nitrogens with one attached hydrogen (secondary N) is 1. The molecule has 2 N–H and O–H groups in total. The molecule has 4 aromatic rings. The first kappa shape index (κ1) is 17.5. The molecule has 1 aromatic heterocycles. The minimum absolute atomic E-state index is 0.0744. The normalized spacial score (nSPS) is 11.1. The van der Waals surface area contributed by atoms with Gasteiger partial charge < -0.3 is 9.67 Å². The highest BCUT2D eigenvalue weighted by molar-refractivity contribution is 6.01. The van der Waals surface area contributed by atoms with Gasteiger partial charge in [-0.25, -0.2) is 5.43 Å². The first-order chi connectivity index (χ1) is 13.7. The highest BCUT2D eigenvalue weighted by Gasteiger charge is 2.10. The van der Waals surface area contributed by atoms with Gasteiger partial charge in [-0.3, -0.25) is 4.79 Å². The standard InChI is InChI=1S/C23H19N3O2/c27-22-13-7-5-11-20(22)23(28)25-24-14-18-16-26(15-17-8-2-1-3-9-17)21-12-6-4-10-19(18)21/h1-14,16,27H,15H2,(H,25,28)/b24-14+. The Hall–Kier alpha value is -3.86. The lowest BCUT2D eigenvalue weighted by Gasteiger charge is -2.05. The zero-order chi connectivity index (χ0) is 19.3. The van der Waals surface area contributed by atoms with Gasteiger partial charge in [0.1, 0.15) is 5.75 Å². The van der Waals surface area contributed by atoms with E-state index in [0.29, 0.717) is 0 Å². The number of phenols is 1. The summed E-state index contributed by atoms with van der Waals surface area (Å²) in [5.41, 5.74) is 5.87. The summed E-state index contributed by atoms with van der Waals surface area (Å²) >= 11 is 0. The number of amides is 1. The predicted molar refractivity (Wildman–Crippen MR) is 111 cm³/mol. The minimum Gasteiger partial charge on any atom is -0.507 e. The number of nitrogens with zero attached hydrogens (tertiary/aromatic N) is 2. The average molecular weight is 369 g/mol. The molecule has 138 valence electrons. The highest BCUT2D eigenvalue weighted by Crippen LogP contribution is 2.21. The molecule has 0 aliphatic heterocycles. The number of para-hydroxylation sites is 2. The fraction of sp³-hybridized carbons (Fsp3) is 0.0435. The van der Waals surface area contributed by atoms with Crippen LogP contribution in [0.4, 0.5) is 0 Å². The first-order valence-corrected chi connectivity index (χ1v) is 8.95. The van der Waals surface area contributed by atoms with Crippen LogP contribution in [0.1, 0.15) is 21.5 Å². The fourth-order valence-corrected chi connectivity index (χ4v) is 3.18. The van der Waals surface area contributed by atoms with Gasteiger partial charge in [0.05, 0.1) is 11.8 Å². The van der Waals surface area contributed by atoms with E-state index in [2.05, 4.69) is 33.3 Å². The van der Waals surface area contributed by atoms with E-state index in [1.54, 1.807) is 24.4 Å². The number of hydrogen-bond acceptors (Lipinski definition) is 3. The van der Waals surface area contributed by atoms with Gasteiger partial charge in [0.15, 0.2) is 0 Å². The number of rotatable bonds is 5. The number of carbonyl (C=O) groups excluding carboxylic acids is 1. The van der Waals surface area contributed by atoms with Crippen molar-refractivity contribution < 1.29 is 9.90 Å². The van der Waals surface area contributed by atoms with E-state index in [0.717, 1.165) is 23.0 Å². The van der Waals surface area contributed by atoms with Crippen molar-refractivity contribution in [2.45, 2.75) is 6.54 Å². The molecule has 5 heteroatoms. The number of hydrogen-bond donors (Lipinski definition) is 2. The van der Waals surface area contributed by atoms with E-state index in [-0.39, 0.29) is 11.3 Å². The van der Waals surface area contributed by atoms with Crippen molar-refractivity contribution in [2.24, 2.45) is 5.10 Å². The first-order valence-electron chi connectivity index (χ1n) is 8.95. The predicted octanol–water partition coefficient (Wildman–Crippen LogP) is 4.16. The third-order valence-corrected chi connectivity index (χ3v) is 4.53. The SMILES string of the molecule is O=C(N/N=C/c1cn(Cc2ccccc2)c2ccccc12)c1ccccc1O. The van der Waals surface area contributed by atoms with Crippen LogP contribution in [0.5, 0.6) is 5.75 Å². The van der Waals surface area contributed by atoms with Crippen molar-refractivity contribution >= 4 is 23.0 Å². The maximum absolute atomic E-state index is 12.2. The zero-order valence-corrected chi connectivity index (χ0v) is 15.1. The van der Waals surface area contributed by atoms with Crippen LogP contribution >= 0.6 is 0 Å². The second-order valence-electron chi connectivity index (χ2n) is 6.43. The van der Waals surface area contributed by atoms with Gasteiger partial charge >= 0.3 is 0 Å². The molecule has 0 bridgehead atoms. The average Bonchev–Trinajstić information content (AvgIpc) is 3.07. The van der Waals surface area contributed by atoms with Gasteiger partial charge in [-0.1, -0.05) is 60.7 Å². The van der Waals surface area contributed by atoms with Crippen molar-refractivity contribution in [3.8, 4) is 5.75 Å². The van der Waals surface area contributed by atoms with Gasteiger partial charge in [0, 0.05) is 29.2 Å². The molecule has 0 saturated carbocycles. The molecule has 0 radical (unpaired) electrons. The molecule has 1 amide bonds. The summed E-state index contributed by atoms with van der Waals surface area (Å²) < 4.78 is 2.16. The summed E-state index contributed by atoms with van der Waals surface area (Å²) in [6, 6.07) is 24.7. The second kappa shape index (κ2) is 7.80. The molecule has 28 heavy (non-hydrogen) atoms. The van der Waals surface area contributed by atoms with Crippen molar-refractivity contribution in [3.63, 3.8) is 0 Å². The van der Waals surface area contributed by atoms with Crippen LogP contribution in [-0.4, -0.2) is 21.8 Å². The summed E-state index contributed by atoms with van der Waals surface area (Å²) in [5, 5.41) is 14.9. The molecular weight excluding hydrogens is 350 g/mol. The molecule has 0 unspecified atom stereocenters. The van der Waals surface area contributed by atoms with Crippen molar-refractivity contribution in [3.05, 3.63) is 102 Å². The van der Waals surface area contributed by atoms with E-state index in [1.807, 2.05) is 42.6 Å². The van der Waals surface area contributed by atoms with Gasteiger partial charge in [-0.05, 0) is 23.8 Å². The number of carbonyl (C=O) groups is 1. The fourth-order valence-electron chi connectivity index (χ4n) is 3.18. The van der Waals surface area contributed by atoms with Gasteiger partial charge in [-0.15, -0.1) is 0 Å². The molecule has 1 heterocycles. The van der Waals surface area contributed by atoms with Gasteiger partial charge in [-0.2, -0.15) is 5.10 Å². The summed E-state index contributed by atoms with van der Waals surface area (Å²) in [6.07, 6.45) is 3.65. The number of hydrazone groups is 1. The van der Waals surface area contributed by atoms with Crippen molar-refractivity contribution in [1.29, 1.82) is 0 Å². The largest absolute Gasteiger partial charge is 0.507 e. The van der Waals surface area contributed by atoms with Crippen LogP contribution in [0.25, 0.3) is 10.9 Å². The molecule has 5 nitrogen and oxygen atoms in total. The molecule has 0 atom stereocenters. The Kier molecular flexibility index (Phi) is 4.89. The molecule has 3 aromatic carbocycles. The maximum Gasteiger partial charge on any atom is 0.275 e. The maximum atomic E-state index is 12.2. The third-order valence-electron chi connectivity index (χ3n) is 4.53. The summed E-state index contributed by atoms with van der Waals surface area (Å²) in [5.74, 6) is -0.531. The van der Waals surface area contributed by atoms with Gasteiger partial charge in [0.25, 0.3) is 5.91 Å². The van der Waals surface area contributed by atoms with Gasteiger partial charge in [0.2, 0.25) is 0 Å². The third kappa shape index (κ3) is 3.64. The number of aromatic nitrogens is 1. The van der Waals surface area contributed by atoms with Crippen molar-refractivity contribution in [2.75, 3.05) is 0 Å².